The molecule has 0 saturated carbocycles. The number of nitrogens with one attached hydrogen (secondary N) is 2. The molecule has 3 aromatic rings. The number of likely N-dealkylation sites (tertiary alicyclic amines) is 1. The number of aromatic nitrogens is 3. The van der Waals surface area contributed by atoms with Crippen molar-refractivity contribution in [2.75, 3.05) is 25.0 Å². The highest BCUT2D eigenvalue weighted by atomic mass is 19.1. The molecule has 0 atom stereocenters. The highest BCUT2D eigenvalue weighted by Crippen LogP contribution is 2.30. The van der Waals surface area contributed by atoms with Gasteiger partial charge in [-0.2, -0.15) is 5.26 Å². The minimum atomic E-state index is -0.334. The third kappa shape index (κ3) is 4.02. The van der Waals surface area contributed by atoms with E-state index in [9.17, 15) is 14.4 Å². The Morgan fingerprint density at radius 3 is 2.93 bits per heavy atom. The summed E-state index contributed by atoms with van der Waals surface area (Å²) in [6.07, 6.45) is 4.88. The molecular formula is C20H20FN7O. The smallest absolute Gasteiger partial charge is 0.231 e. The number of carbonyl (C=O) groups excluding carboxylic acids is 1. The van der Waals surface area contributed by atoms with Crippen molar-refractivity contribution in [2.45, 2.75) is 18.9 Å². The number of nitrogens with zero attached hydrogens (tertiary/aromatic N) is 4. The van der Waals surface area contributed by atoms with Gasteiger partial charge in [0.15, 0.2) is 0 Å². The second-order valence-corrected chi connectivity index (χ2v) is 7.12. The molecule has 0 spiro atoms. The summed E-state index contributed by atoms with van der Waals surface area (Å²) < 4.78 is 13.5. The fraction of sp³-hybridized carbons (Fsp3) is 0.300. The molecule has 1 fully saturated rings. The highest BCUT2D eigenvalue weighted by molar-refractivity contribution is 5.95. The molecule has 9 heteroatoms. The molecule has 3 heterocycles. The third-order valence-electron chi connectivity index (χ3n) is 5.11. The number of amides is 1. The van der Waals surface area contributed by atoms with E-state index in [4.69, 9.17) is 5.73 Å². The van der Waals surface area contributed by atoms with Gasteiger partial charge in [-0.25, -0.2) is 14.4 Å². The van der Waals surface area contributed by atoms with Crippen molar-refractivity contribution in [3.8, 4) is 17.3 Å². The van der Waals surface area contributed by atoms with Crippen LogP contribution in [0.3, 0.4) is 0 Å². The van der Waals surface area contributed by atoms with Crippen molar-refractivity contribution in [1.29, 1.82) is 5.26 Å². The van der Waals surface area contributed by atoms with Gasteiger partial charge in [0, 0.05) is 41.8 Å². The van der Waals surface area contributed by atoms with Crippen molar-refractivity contribution in [2.24, 2.45) is 5.73 Å². The summed E-state index contributed by atoms with van der Waals surface area (Å²) in [6, 6.07) is 6.74. The van der Waals surface area contributed by atoms with E-state index in [0.717, 1.165) is 36.9 Å². The van der Waals surface area contributed by atoms with Crippen LogP contribution in [0.2, 0.25) is 0 Å². The Kier molecular flexibility index (Phi) is 5.10. The van der Waals surface area contributed by atoms with E-state index in [1.807, 2.05) is 4.90 Å². The number of halogens is 1. The Labute approximate surface area is 166 Å². The zero-order chi connectivity index (χ0) is 20.4. The fourth-order valence-corrected chi connectivity index (χ4v) is 3.67. The highest BCUT2D eigenvalue weighted by Gasteiger charge is 2.21. The Morgan fingerprint density at radius 2 is 2.21 bits per heavy atom. The Morgan fingerprint density at radius 1 is 1.41 bits per heavy atom. The van der Waals surface area contributed by atoms with E-state index in [1.165, 1.54) is 18.3 Å². The Balaban J connectivity index is 1.56. The number of aromatic amines is 1. The molecule has 0 bridgehead atoms. The SMILES string of the molecule is N#Cc1cnc(NC2CCN(CC(N)=O)CC2)nc1-c1c[nH]c2cc(F)ccc12. The molecule has 1 aliphatic rings. The lowest BCUT2D eigenvalue weighted by molar-refractivity contribution is -0.119. The summed E-state index contributed by atoms with van der Waals surface area (Å²) in [6.45, 7) is 1.79. The quantitative estimate of drug-likeness (QED) is 0.609. The molecule has 4 rings (SSSR count). The number of H-pyrrole nitrogens is 1. The van der Waals surface area contributed by atoms with Crippen LogP contribution in [0, 0.1) is 17.1 Å². The number of rotatable bonds is 5. The number of carbonyl (C=O) groups is 1. The molecule has 148 valence electrons. The molecule has 0 unspecified atom stereocenters. The lowest BCUT2D eigenvalue weighted by atomic mass is 10.0. The largest absolute Gasteiger partial charge is 0.369 e. The van der Waals surface area contributed by atoms with Crippen molar-refractivity contribution in [1.82, 2.24) is 19.9 Å². The lowest BCUT2D eigenvalue weighted by Crippen LogP contribution is -2.43. The van der Waals surface area contributed by atoms with E-state index in [0.29, 0.717) is 22.7 Å². The van der Waals surface area contributed by atoms with Gasteiger partial charge in [0.05, 0.1) is 24.0 Å². The molecule has 2 aromatic heterocycles. The van der Waals surface area contributed by atoms with Gasteiger partial charge in [-0.15, -0.1) is 0 Å². The molecule has 1 saturated heterocycles. The molecule has 0 aliphatic carbocycles. The molecule has 29 heavy (non-hydrogen) atoms. The monoisotopic (exact) mass is 393 g/mol. The van der Waals surface area contributed by atoms with E-state index in [-0.39, 0.29) is 24.3 Å². The van der Waals surface area contributed by atoms with E-state index in [1.54, 1.807) is 12.3 Å². The van der Waals surface area contributed by atoms with Gasteiger partial charge in [0.25, 0.3) is 0 Å². The number of anilines is 1. The summed E-state index contributed by atoms with van der Waals surface area (Å²) in [5.74, 6) is -0.224. The summed E-state index contributed by atoms with van der Waals surface area (Å²) in [5.41, 5.74) is 7.45. The zero-order valence-corrected chi connectivity index (χ0v) is 15.7. The summed E-state index contributed by atoms with van der Waals surface area (Å²) in [4.78, 5) is 25.0. The summed E-state index contributed by atoms with van der Waals surface area (Å²) in [7, 11) is 0. The predicted octanol–water partition coefficient (Wildman–Crippen LogP) is 2.00. The Hall–Kier alpha value is -3.51. The first-order valence-electron chi connectivity index (χ1n) is 9.35. The third-order valence-corrected chi connectivity index (χ3v) is 5.11. The van der Waals surface area contributed by atoms with Crippen molar-refractivity contribution >= 4 is 22.8 Å². The molecule has 1 aromatic carbocycles. The molecule has 4 N–H and O–H groups in total. The summed E-state index contributed by atoms with van der Waals surface area (Å²) >= 11 is 0. The van der Waals surface area contributed by atoms with Gasteiger partial charge in [0.2, 0.25) is 11.9 Å². The van der Waals surface area contributed by atoms with Crippen LogP contribution < -0.4 is 11.1 Å². The van der Waals surface area contributed by atoms with E-state index >= 15 is 0 Å². The van der Waals surface area contributed by atoms with Crippen LogP contribution in [0.15, 0.2) is 30.6 Å². The van der Waals surface area contributed by atoms with Crippen molar-refractivity contribution < 1.29 is 9.18 Å². The van der Waals surface area contributed by atoms with E-state index < -0.39 is 0 Å². The number of hydrogen-bond donors (Lipinski definition) is 3. The van der Waals surface area contributed by atoms with Gasteiger partial charge >= 0.3 is 0 Å². The number of nitrogens with two attached hydrogens (primary N) is 1. The normalized spacial score (nSPS) is 15.3. The van der Waals surface area contributed by atoms with Crippen LogP contribution in [-0.4, -0.2) is 51.4 Å². The Bertz CT molecular complexity index is 1100. The second kappa shape index (κ2) is 7.85. The van der Waals surface area contributed by atoms with Crippen molar-refractivity contribution in [3.05, 3.63) is 42.0 Å². The molecule has 1 aliphatic heterocycles. The average Bonchev–Trinajstić information content (AvgIpc) is 3.12. The van der Waals surface area contributed by atoms with Crippen LogP contribution >= 0.6 is 0 Å². The first-order chi connectivity index (χ1) is 14.0. The zero-order valence-electron chi connectivity index (χ0n) is 15.7. The number of fused-ring (bicyclic) bond motifs is 1. The topological polar surface area (TPSA) is 124 Å². The van der Waals surface area contributed by atoms with Crippen LogP contribution in [-0.2, 0) is 4.79 Å². The number of benzene rings is 1. The molecule has 0 radical (unpaired) electrons. The maximum atomic E-state index is 13.5. The van der Waals surface area contributed by atoms with Crippen LogP contribution in [0.1, 0.15) is 18.4 Å². The minimum absolute atomic E-state index is 0.164. The van der Waals surface area contributed by atoms with Crippen LogP contribution in [0.4, 0.5) is 10.3 Å². The summed E-state index contributed by atoms with van der Waals surface area (Å²) in [5, 5.41) is 13.6. The van der Waals surface area contributed by atoms with E-state index in [2.05, 4.69) is 26.3 Å². The number of primary amides is 1. The minimum Gasteiger partial charge on any atom is -0.369 e. The standard InChI is InChI=1S/C20H20FN7O/c21-13-1-2-15-16(10-24-17(15)7-13)19-12(8-22)9-25-20(27-19)26-14-3-5-28(6-4-14)11-18(23)29/h1-2,7,9-10,14,24H,3-6,11H2,(H2,23,29)(H,25,26,27). The fourth-order valence-electron chi connectivity index (χ4n) is 3.67. The first kappa shape index (κ1) is 18.8. The van der Waals surface area contributed by atoms with Crippen molar-refractivity contribution in [3.63, 3.8) is 0 Å². The second-order valence-electron chi connectivity index (χ2n) is 7.12. The average molecular weight is 393 g/mol. The number of hydrogen-bond acceptors (Lipinski definition) is 6. The maximum Gasteiger partial charge on any atom is 0.231 e. The molecule has 8 nitrogen and oxygen atoms in total. The van der Waals surface area contributed by atoms with Gasteiger partial charge in [-0.1, -0.05) is 0 Å². The van der Waals surface area contributed by atoms with Crippen LogP contribution in [0.25, 0.3) is 22.2 Å². The maximum absolute atomic E-state index is 13.5. The van der Waals surface area contributed by atoms with Gasteiger partial charge in [-0.05, 0) is 31.0 Å². The first-order valence-corrected chi connectivity index (χ1v) is 9.35. The van der Waals surface area contributed by atoms with Crippen LogP contribution in [0.5, 0.6) is 0 Å². The molecule has 1 amide bonds. The van der Waals surface area contributed by atoms with Gasteiger partial charge < -0.3 is 16.0 Å². The molecular weight excluding hydrogens is 373 g/mol. The van der Waals surface area contributed by atoms with Gasteiger partial charge in [0.1, 0.15) is 11.9 Å². The number of piperidine rings is 1. The number of nitriles is 1. The lowest BCUT2D eigenvalue weighted by Gasteiger charge is -2.31. The predicted molar refractivity (Wildman–Crippen MR) is 106 cm³/mol. The van der Waals surface area contributed by atoms with Gasteiger partial charge in [-0.3, -0.25) is 9.69 Å².